The Morgan fingerprint density at radius 2 is 2.08 bits per heavy atom. The summed E-state index contributed by atoms with van der Waals surface area (Å²) in [6.07, 6.45) is 1.04. The fourth-order valence-corrected chi connectivity index (χ4v) is 0.647. The smallest absolute Gasteiger partial charge is 0.321 e. The molecule has 0 aromatic rings. The average molecular weight is 173 g/mol. The largest absolute Gasteiger partial charge is 0.481 e. The van der Waals surface area contributed by atoms with Crippen LogP contribution in [0.2, 0.25) is 0 Å². The molecule has 0 spiro atoms. The number of rotatable bonds is 6. The fraction of sp³-hybridized carbons (Fsp3) is 0.429. The summed E-state index contributed by atoms with van der Waals surface area (Å²) in [5.41, 5.74) is 0. The first-order chi connectivity index (χ1) is 5.57. The van der Waals surface area contributed by atoms with Gasteiger partial charge in [0.05, 0.1) is 6.42 Å². The van der Waals surface area contributed by atoms with Gasteiger partial charge in [0.25, 0.3) is 0 Å². The van der Waals surface area contributed by atoms with E-state index in [1.165, 1.54) is 6.08 Å². The number of hydrogen-bond acceptors (Lipinski definition) is 3. The van der Waals surface area contributed by atoms with Crippen molar-refractivity contribution in [2.45, 2.75) is 12.5 Å². The summed E-state index contributed by atoms with van der Waals surface area (Å²) in [6, 6.07) is -1.04. The van der Waals surface area contributed by atoms with E-state index < -0.39 is 24.4 Å². The molecule has 0 aromatic heterocycles. The average Bonchev–Trinajstić information content (AvgIpc) is 1.96. The Hall–Kier alpha value is -1.36. The van der Waals surface area contributed by atoms with E-state index >= 15 is 0 Å². The van der Waals surface area contributed by atoms with E-state index in [0.717, 1.165) is 0 Å². The zero-order valence-corrected chi connectivity index (χ0v) is 6.49. The van der Waals surface area contributed by atoms with E-state index in [1.807, 2.05) is 0 Å². The van der Waals surface area contributed by atoms with Gasteiger partial charge in [-0.05, 0) is 0 Å². The minimum absolute atomic E-state index is 0.282. The predicted octanol–water partition coefficient (Wildman–Crippen LogP) is -0.310. The normalized spacial score (nSPS) is 12.0. The van der Waals surface area contributed by atoms with E-state index in [0.29, 0.717) is 0 Å². The minimum atomic E-state index is -1.17. The number of carboxylic acid groups (broad SMARTS) is 2. The molecule has 1 atom stereocenters. The number of hydrogen-bond donors (Lipinski definition) is 3. The van der Waals surface area contributed by atoms with Gasteiger partial charge in [0.1, 0.15) is 6.04 Å². The summed E-state index contributed by atoms with van der Waals surface area (Å²) in [4.78, 5) is 20.5. The predicted molar refractivity (Wildman–Crippen MR) is 41.9 cm³/mol. The lowest BCUT2D eigenvalue weighted by molar-refractivity contribution is -0.145. The van der Waals surface area contributed by atoms with Gasteiger partial charge in [-0.25, -0.2) is 0 Å². The molecule has 0 bridgehead atoms. The molecule has 0 heterocycles. The van der Waals surface area contributed by atoms with Crippen LogP contribution in [0.15, 0.2) is 12.7 Å². The Labute approximate surface area is 69.7 Å². The molecule has 0 amide bonds. The number of aliphatic carboxylic acids is 2. The molecule has 3 N–H and O–H groups in total. The third-order valence-corrected chi connectivity index (χ3v) is 1.19. The van der Waals surface area contributed by atoms with E-state index in [-0.39, 0.29) is 6.54 Å². The zero-order valence-electron chi connectivity index (χ0n) is 6.49. The van der Waals surface area contributed by atoms with E-state index in [4.69, 9.17) is 10.2 Å². The lowest BCUT2D eigenvalue weighted by Gasteiger charge is -2.09. The maximum Gasteiger partial charge on any atom is 0.321 e. The standard InChI is InChI=1S/C7H11NO4/c1-2-3-8-5(7(11)12)4-6(9)10/h2,5,8H,1,3-4H2,(H,9,10)(H,11,12)/t5-/m1/s1. The first-order valence-electron chi connectivity index (χ1n) is 3.36. The Bertz CT molecular complexity index is 190. The highest BCUT2D eigenvalue weighted by Gasteiger charge is 2.18. The summed E-state index contributed by atoms with van der Waals surface area (Å²) in [6.45, 7) is 3.65. The maximum absolute atomic E-state index is 10.4. The van der Waals surface area contributed by atoms with E-state index in [1.54, 1.807) is 0 Å². The van der Waals surface area contributed by atoms with Crippen LogP contribution in [0, 0.1) is 0 Å². The molecule has 5 heteroatoms. The molecule has 0 unspecified atom stereocenters. The molecule has 0 aromatic carbocycles. The third kappa shape index (κ3) is 4.45. The van der Waals surface area contributed by atoms with Crippen LogP contribution in [0.4, 0.5) is 0 Å². The van der Waals surface area contributed by atoms with Crippen molar-refractivity contribution in [1.29, 1.82) is 0 Å². The summed E-state index contributed by atoms with van der Waals surface area (Å²) in [7, 11) is 0. The first-order valence-corrected chi connectivity index (χ1v) is 3.36. The van der Waals surface area contributed by atoms with E-state index in [2.05, 4.69) is 11.9 Å². The Kier molecular flexibility index (Phi) is 4.71. The molecule has 0 fully saturated rings. The molecule has 68 valence electrons. The van der Waals surface area contributed by atoms with Gasteiger partial charge >= 0.3 is 11.9 Å². The molecule has 0 rings (SSSR count). The van der Waals surface area contributed by atoms with Gasteiger partial charge < -0.3 is 15.5 Å². The van der Waals surface area contributed by atoms with Crippen LogP contribution >= 0.6 is 0 Å². The Morgan fingerprint density at radius 3 is 2.42 bits per heavy atom. The van der Waals surface area contributed by atoms with Gasteiger partial charge in [-0.1, -0.05) is 6.08 Å². The molecule has 0 saturated carbocycles. The maximum atomic E-state index is 10.4. The number of carboxylic acids is 2. The quantitative estimate of drug-likeness (QED) is 0.479. The molecule has 12 heavy (non-hydrogen) atoms. The number of carbonyl (C=O) groups is 2. The van der Waals surface area contributed by atoms with Gasteiger partial charge in [0.2, 0.25) is 0 Å². The van der Waals surface area contributed by atoms with Crippen LogP contribution in [-0.4, -0.2) is 34.7 Å². The molecule has 0 radical (unpaired) electrons. The zero-order chi connectivity index (χ0) is 9.56. The lowest BCUT2D eigenvalue weighted by atomic mass is 10.2. The summed E-state index contributed by atoms with van der Waals surface area (Å²) in [5, 5.41) is 19.3. The second-order valence-corrected chi connectivity index (χ2v) is 2.19. The van der Waals surface area contributed by atoms with Crippen LogP contribution in [0.5, 0.6) is 0 Å². The van der Waals surface area contributed by atoms with Gasteiger partial charge in [-0.3, -0.25) is 9.59 Å². The van der Waals surface area contributed by atoms with E-state index in [9.17, 15) is 9.59 Å². The van der Waals surface area contributed by atoms with Gasteiger partial charge in [-0.2, -0.15) is 0 Å². The van der Waals surface area contributed by atoms with Crippen LogP contribution in [0.3, 0.4) is 0 Å². The number of nitrogens with one attached hydrogen (secondary N) is 1. The second-order valence-electron chi connectivity index (χ2n) is 2.19. The molecule has 0 aliphatic carbocycles. The van der Waals surface area contributed by atoms with Crippen LogP contribution in [0.1, 0.15) is 6.42 Å². The lowest BCUT2D eigenvalue weighted by Crippen LogP contribution is -2.38. The Morgan fingerprint density at radius 1 is 1.50 bits per heavy atom. The fourth-order valence-electron chi connectivity index (χ4n) is 0.647. The van der Waals surface area contributed by atoms with Crippen molar-refractivity contribution in [2.75, 3.05) is 6.54 Å². The van der Waals surface area contributed by atoms with Gasteiger partial charge in [-0.15, -0.1) is 6.58 Å². The highest BCUT2D eigenvalue weighted by molar-refractivity contribution is 5.80. The second kappa shape index (κ2) is 5.31. The van der Waals surface area contributed by atoms with Crippen molar-refractivity contribution >= 4 is 11.9 Å². The SMILES string of the molecule is C=CCN[C@H](CC(=O)O)C(=O)O. The van der Waals surface area contributed by atoms with Crippen molar-refractivity contribution in [3.05, 3.63) is 12.7 Å². The highest BCUT2D eigenvalue weighted by Crippen LogP contribution is 1.91. The highest BCUT2D eigenvalue weighted by atomic mass is 16.4. The Balaban J connectivity index is 3.94. The summed E-state index contributed by atoms with van der Waals surface area (Å²) < 4.78 is 0. The van der Waals surface area contributed by atoms with Crippen molar-refractivity contribution < 1.29 is 19.8 Å². The molecule has 5 nitrogen and oxygen atoms in total. The summed E-state index contributed by atoms with van der Waals surface area (Å²) >= 11 is 0. The third-order valence-electron chi connectivity index (χ3n) is 1.19. The monoisotopic (exact) mass is 173 g/mol. The summed E-state index contributed by atoms with van der Waals surface area (Å²) in [5.74, 6) is -2.31. The van der Waals surface area contributed by atoms with Crippen LogP contribution < -0.4 is 5.32 Å². The topological polar surface area (TPSA) is 86.6 Å². The van der Waals surface area contributed by atoms with Crippen molar-refractivity contribution in [3.63, 3.8) is 0 Å². The molecule has 0 saturated heterocycles. The van der Waals surface area contributed by atoms with Gasteiger partial charge in [0.15, 0.2) is 0 Å². The van der Waals surface area contributed by atoms with Crippen molar-refractivity contribution in [2.24, 2.45) is 0 Å². The molecule has 0 aliphatic rings. The minimum Gasteiger partial charge on any atom is -0.481 e. The molecular weight excluding hydrogens is 162 g/mol. The molecule has 0 aliphatic heterocycles. The molecular formula is C7H11NO4. The van der Waals surface area contributed by atoms with Crippen molar-refractivity contribution in [1.82, 2.24) is 5.32 Å². The van der Waals surface area contributed by atoms with Crippen LogP contribution in [-0.2, 0) is 9.59 Å². The van der Waals surface area contributed by atoms with Gasteiger partial charge in [0, 0.05) is 6.54 Å². The first kappa shape index (κ1) is 10.6. The van der Waals surface area contributed by atoms with Crippen LogP contribution in [0.25, 0.3) is 0 Å². The van der Waals surface area contributed by atoms with Crippen molar-refractivity contribution in [3.8, 4) is 0 Å².